The van der Waals surface area contributed by atoms with E-state index in [2.05, 4.69) is 36.7 Å². The van der Waals surface area contributed by atoms with Gasteiger partial charge >= 0.3 is 0 Å². The molecule has 1 aliphatic rings. The number of ether oxygens (including phenoxy) is 1. The molecule has 264 valence electrons. The number of hydrogen-bond acceptors (Lipinski definition) is 8. The number of amides is 5. The maximum absolute atomic E-state index is 12.7. The van der Waals surface area contributed by atoms with E-state index < -0.39 is 0 Å². The first-order valence-corrected chi connectivity index (χ1v) is 18.0. The Morgan fingerprint density at radius 1 is 0.739 bits per heavy atom. The molecule has 1 fully saturated rings. The van der Waals surface area contributed by atoms with Crippen molar-refractivity contribution in [3.05, 3.63) is 0 Å². The lowest BCUT2D eigenvalue weighted by Crippen LogP contribution is -2.36. The van der Waals surface area contributed by atoms with Gasteiger partial charge in [0.1, 0.15) is 5.78 Å². The van der Waals surface area contributed by atoms with E-state index in [1.807, 2.05) is 20.8 Å². The molecule has 1 saturated heterocycles. The van der Waals surface area contributed by atoms with Crippen molar-refractivity contribution < 1.29 is 33.5 Å². The summed E-state index contributed by atoms with van der Waals surface area (Å²) in [5, 5.41) is 7.89. The molecule has 1 heterocycles. The van der Waals surface area contributed by atoms with Gasteiger partial charge in [-0.15, -0.1) is 11.8 Å². The van der Waals surface area contributed by atoms with Crippen molar-refractivity contribution in [1.29, 1.82) is 0 Å². The minimum absolute atomic E-state index is 0.0164. The lowest BCUT2D eigenvalue weighted by Gasteiger charge is -2.17. The molecule has 1 atom stereocenters. The van der Waals surface area contributed by atoms with Crippen molar-refractivity contribution in [1.82, 2.24) is 20.9 Å². The Balaban J connectivity index is 2.03. The number of hydrogen-bond donors (Lipinski definition) is 3. The number of carbonyl (C=O) groups excluding carboxylic acids is 6. The van der Waals surface area contributed by atoms with Crippen molar-refractivity contribution in [3.63, 3.8) is 0 Å². The van der Waals surface area contributed by atoms with Crippen LogP contribution < -0.4 is 16.0 Å². The summed E-state index contributed by atoms with van der Waals surface area (Å²) in [5.74, 6) is -0.0876. The number of rotatable bonds is 24. The second-order valence-electron chi connectivity index (χ2n) is 14.5. The fourth-order valence-electron chi connectivity index (χ4n) is 4.81. The van der Waals surface area contributed by atoms with Crippen molar-refractivity contribution in [2.75, 3.05) is 45.1 Å². The lowest BCUT2D eigenvalue weighted by atomic mass is 9.89. The zero-order valence-electron chi connectivity index (χ0n) is 29.2. The molecule has 0 aromatic rings. The average Bonchev–Trinajstić information content (AvgIpc) is 3.22. The molecule has 0 aromatic heterocycles. The second kappa shape index (κ2) is 22.2. The molecule has 0 bridgehead atoms. The molecule has 0 aliphatic carbocycles. The van der Waals surface area contributed by atoms with E-state index in [-0.39, 0.29) is 105 Å². The van der Waals surface area contributed by atoms with Gasteiger partial charge in [-0.2, -0.15) is 0 Å². The molecule has 3 N–H and O–H groups in total. The summed E-state index contributed by atoms with van der Waals surface area (Å²) < 4.78 is 5.43. The molecule has 12 heteroatoms. The Morgan fingerprint density at radius 3 is 1.98 bits per heavy atom. The Bertz CT molecular complexity index is 991. The van der Waals surface area contributed by atoms with Crippen molar-refractivity contribution in [3.8, 4) is 0 Å². The van der Waals surface area contributed by atoms with E-state index in [9.17, 15) is 28.8 Å². The Kier molecular flexibility index (Phi) is 20.0. The number of ketones is 1. The molecule has 0 aromatic carbocycles. The number of nitrogens with zero attached hydrogens (tertiary/aromatic N) is 1. The molecule has 5 amide bonds. The molecule has 0 spiro atoms. The van der Waals surface area contributed by atoms with Gasteiger partial charge in [-0.05, 0) is 35.8 Å². The highest BCUT2D eigenvalue weighted by molar-refractivity contribution is 8.00. The Hall–Kier alpha value is -2.47. The smallest absolute Gasteiger partial charge is 0.242 e. The maximum Gasteiger partial charge on any atom is 0.242 e. The number of unbranched alkanes of at least 4 members (excludes halogenated alkanes) is 3. The van der Waals surface area contributed by atoms with Crippen LogP contribution in [0.15, 0.2) is 0 Å². The van der Waals surface area contributed by atoms with Crippen LogP contribution in [0.1, 0.15) is 119 Å². The number of nitrogens with one attached hydrogen (secondary N) is 3. The number of carbonyl (C=O) groups is 6. The van der Waals surface area contributed by atoms with Gasteiger partial charge in [0, 0.05) is 64.7 Å². The van der Waals surface area contributed by atoms with Gasteiger partial charge < -0.3 is 20.7 Å². The zero-order chi connectivity index (χ0) is 34.6. The molecule has 0 saturated carbocycles. The highest BCUT2D eigenvalue weighted by atomic mass is 32.2. The summed E-state index contributed by atoms with van der Waals surface area (Å²) in [6.45, 7) is 14.3. The van der Waals surface area contributed by atoms with Crippen LogP contribution in [0, 0.1) is 10.8 Å². The summed E-state index contributed by atoms with van der Waals surface area (Å²) in [5.41, 5.74) is 0.283. The van der Waals surface area contributed by atoms with E-state index in [1.54, 1.807) is 11.8 Å². The highest BCUT2D eigenvalue weighted by Crippen LogP contribution is 2.27. The largest absolute Gasteiger partial charge is 0.378 e. The van der Waals surface area contributed by atoms with Crippen LogP contribution in [0.25, 0.3) is 0 Å². The third-order valence-electron chi connectivity index (χ3n) is 7.32. The van der Waals surface area contributed by atoms with E-state index in [1.165, 1.54) is 24.2 Å². The summed E-state index contributed by atoms with van der Waals surface area (Å²) in [7, 11) is 0. The maximum atomic E-state index is 12.7. The average molecular weight is 669 g/mol. The minimum atomic E-state index is -0.344. The van der Waals surface area contributed by atoms with E-state index in [0.717, 1.165) is 18.6 Å². The first kappa shape index (κ1) is 41.6. The quantitative estimate of drug-likeness (QED) is 0.103. The van der Waals surface area contributed by atoms with Crippen LogP contribution in [0.5, 0.6) is 0 Å². The molecule has 1 aliphatic heterocycles. The standard InChI is InChI=1S/C34H60N4O7S/c1-33(2,3)16-9-7-8-10-23-46-27-24-31(43)38(32(27)44)20-15-29(41)37-19-22-45-21-18-36-28(40)14-13-26(39)12-11-17-35-30(42)25-34(4,5)6/h27H,7-25H2,1-6H3,(H,35,42)(H,36,40)(H,37,41). The van der Waals surface area contributed by atoms with E-state index in [0.29, 0.717) is 31.2 Å². The molecular weight excluding hydrogens is 608 g/mol. The molecular formula is C34H60N4O7S. The van der Waals surface area contributed by atoms with Gasteiger partial charge in [0.25, 0.3) is 0 Å². The molecule has 11 nitrogen and oxygen atoms in total. The number of thioether (sulfide) groups is 1. The molecule has 1 unspecified atom stereocenters. The summed E-state index contributed by atoms with van der Waals surface area (Å²) >= 11 is 1.55. The number of Topliss-reactive ketones (excluding diaryl/α,β-unsaturated/α-hetero) is 1. The van der Waals surface area contributed by atoms with Crippen LogP contribution in [0.3, 0.4) is 0 Å². The fourth-order valence-corrected chi connectivity index (χ4v) is 5.99. The van der Waals surface area contributed by atoms with Crippen LogP contribution >= 0.6 is 11.8 Å². The molecule has 1 rings (SSSR count). The van der Waals surface area contributed by atoms with Gasteiger partial charge in [-0.3, -0.25) is 33.7 Å². The van der Waals surface area contributed by atoms with Gasteiger partial charge in [0.2, 0.25) is 29.5 Å². The number of imide groups is 1. The van der Waals surface area contributed by atoms with Crippen molar-refractivity contribution in [2.45, 2.75) is 124 Å². The minimum Gasteiger partial charge on any atom is -0.378 e. The van der Waals surface area contributed by atoms with E-state index in [4.69, 9.17) is 4.74 Å². The van der Waals surface area contributed by atoms with Crippen LogP contribution in [0.4, 0.5) is 0 Å². The van der Waals surface area contributed by atoms with Gasteiger partial charge in [0.15, 0.2) is 0 Å². The molecule has 46 heavy (non-hydrogen) atoms. The SMILES string of the molecule is CC(C)(C)CCCCCCSC1CC(=O)N(CCC(=O)NCCOCCNC(=O)CCC(=O)CCCNC(=O)CC(C)(C)C)C1=O. The van der Waals surface area contributed by atoms with Crippen molar-refractivity contribution >= 4 is 47.1 Å². The number of likely N-dealkylation sites (tertiary alicyclic amines) is 1. The zero-order valence-corrected chi connectivity index (χ0v) is 30.0. The monoisotopic (exact) mass is 668 g/mol. The summed E-state index contributed by atoms with van der Waals surface area (Å²) in [4.78, 5) is 74.2. The second-order valence-corrected chi connectivity index (χ2v) is 15.8. The molecule has 0 radical (unpaired) electrons. The van der Waals surface area contributed by atoms with Gasteiger partial charge in [-0.1, -0.05) is 60.8 Å². The highest BCUT2D eigenvalue weighted by Gasteiger charge is 2.38. The third kappa shape index (κ3) is 21.3. The topological polar surface area (TPSA) is 151 Å². The Labute approximate surface area is 280 Å². The Morgan fingerprint density at radius 2 is 1.35 bits per heavy atom. The first-order chi connectivity index (χ1) is 21.6. The summed E-state index contributed by atoms with van der Waals surface area (Å²) in [6, 6.07) is 0. The van der Waals surface area contributed by atoms with E-state index >= 15 is 0 Å². The summed E-state index contributed by atoms with van der Waals surface area (Å²) in [6.07, 6.45) is 7.58. The van der Waals surface area contributed by atoms with Crippen LogP contribution in [-0.4, -0.2) is 90.6 Å². The van der Waals surface area contributed by atoms with Crippen LogP contribution in [-0.2, 0) is 33.5 Å². The van der Waals surface area contributed by atoms with Gasteiger partial charge in [0.05, 0.1) is 18.5 Å². The van der Waals surface area contributed by atoms with Gasteiger partial charge in [-0.25, -0.2) is 0 Å². The first-order valence-electron chi connectivity index (χ1n) is 16.9. The normalized spacial score (nSPS) is 15.3. The predicted octanol–water partition coefficient (Wildman–Crippen LogP) is 4.16. The third-order valence-corrected chi connectivity index (χ3v) is 8.61. The predicted molar refractivity (Wildman–Crippen MR) is 182 cm³/mol. The lowest BCUT2D eigenvalue weighted by molar-refractivity contribution is -0.138. The van der Waals surface area contributed by atoms with Crippen molar-refractivity contribution in [2.24, 2.45) is 10.8 Å². The fraction of sp³-hybridized carbons (Fsp3) is 0.824. The van der Waals surface area contributed by atoms with Crippen LogP contribution in [0.2, 0.25) is 0 Å².